The summed E-state index contributed by atoms with van der Waals surface area (Å²) in [4.78, 5) is 4.37. The number of pyridine rings is 1. The molecular formula is C18H28N2. The van der Waals surface area contributed by atoms with Crippen LogP contribution in [0.15, 0.2) is 24.5 Å². The van der Waals surface area contributed by atoms with Crippen LogP contribution in [0.5, 0.6) is 0 Å². The van der Waals surface area contributed by atoms with Gasteiger partial charge in [-0.25, -0.2) is 0 Å². The summed E-state index contributed by atoms with van der Waals surface area (Å²) in [6, 6.07) is 4.39. The van der Waals surface area contributed by atoms with E-state index in [1.54, 1.807) is 0 Å². The lowest BCUT2D eigenvalue weighted by molar-refractivity contribution is -0.0128. The molecule has 0 saturated heterocycles. The maximum Gasteiger partial charge on any atom is 0.0306 e. The molecule has 0 atom stereocenters. The zero-order valence-electron chi connectivity index (χ0n) is 12.8. The van der Waals surface area contributed by atoms with Gasteiger partial charge in [0.2, 0.25) is 0 Å². The van der Waals surface area contributed by atoms with Crippen LogP contribution in [0.2, 0.25) is 0 Å². The molecule has 0 radical (unpaired) electrons. The number of rotatable bonds is 5. The molecule has 1 spiro atoms. The van der Waals surface area contributed by atoms with Crippen molar-refractivity contribution in [3.8, 4) is 0 Å². The number of hydrogen-bond acceptors (Lipinski definition) is 2. The van der Waals surface area contributed by atoms with Crippen LogP contribution in [0.1, 0.15) is 63.9 Å². The summed E-state index contributed by atoms with van der Waals surface area (Å²) in [6.45, 7) is 4.51. The molecule has 2 saturated carbocycles. The Morgan fingerprint density at radius 1 is 1.20 bits per heavy atom. The lowest BCUT2D eigenvalue weighted by atomic mass is 9.47. The Bertz CT molecular complexity index is 412. The highest BCUT2D eigenvalue weighted by molar-refractivity contribution is 5.29. The first-order valence-electron chi connectivity index (χ1n) is 8.40. The van der Waals surface area contributed by atoms with Gasteiger partial charge in [-0.05, 0) is 55.7 Å². The van der Waals surface area contributed by atoms with Crippen molar-refractivity contribution in [1.82, 2.24) is 10.3 Å². The molecule has 3 rings (SSSR count). The van der Waals surface area contributed by atoms with E-state index in [1.165, 1.54) is 56.9 Å². The quantitative estimate of drug-likeness (QED) is 0.818. The molecule has 0 aliphatic heterocycles. The smallest absolute Gasteiger partial charge is 0.0306 e. The highest BCUT2D eigenvalue weighted by Crippen LogP contribution is 2.61. The van der Waals surface area contributed by atoms with E-state index in [0.29, 0.717) is 10.8 Å². The number of nitrogens with one attached hydrogen (secondary N) is 1. The normalized spacial score (nSPS) is 23.4. The van der Waals surface area contributed by atoms with Gasteiger partial charge >= 0.3 is 0 Å². The summed E-state index contributed by atoms with van der Waals surface area (Å²) in [5.41, 5.74) is 2.49. The molecule has 1 aromatic heterocycles. The first kappa shape index (κ1) is 14.1. The Balaban J connectivity index is 1.73. The molecule has 0 amide bonds. The monoisotopic (exact) mass is 272 g/mol. The van der Waals surface area contributed by atoms with Crippen LogP contribution < -0.4 is 5.32 Å². The molecule has 1 heterocycles. The van der Waals surface area contributed by atoms with Crippen molar-refractivity contribution in [3.05, 3.63) is 30.1 Å². The van der Waals surface area contributed by atoms with Gasteiger partial charge in [0, 0.05) is 24.4 Å². The Morgan fingerprint density at radius 3 is 2.65 bits per heavy atom. The molecule has 2 heteroatoms. The predicted octanol–water partition coefficient (Wildman–Crippen LogP) is 4.06. The van der Waals surface area contributed by atoms with Crippen molar-refractivity contribution >= 4 is 0 Å². The van der Waals surface area contributed by atoms with Gasteiger partial charge in [0.05, 0.1) is 0 Å². The van der Waals surface area contributed by atoms with E-state index in [2.05, 4.69) is 35.6 Å². The average Bonchev–Trinajstić information content (AvgIpc) is 2.47. The van der Waals surface area contributed by atoms with Gasteiger partial charge in [0.1, 0.15) is 0 Å². The molecule has 2 fully saturated rings. The van der Waals surface area contributed by atoms with Crippen LogP contribution >= 0.6 is 0 Å². The van der Waals surface area contributed by atoms with Gasteiger partial charge in [-0.1, -0.05) is 32.3 Å². The van der Waals surface area contributed by atoms with Gasteiger partial charge in [-0.15, -0.1) is 0 Å². The third kappa shape index (κ3) is 2.63. The molecule has 0 bridgehead atoms. The standard InChI is InChI=1S/C18H28N2/c1-2-10-20-15-18(16-7-6-11-19-12-16)13-17(14-18)8-4-3-5-9-17/h6-7,11-12,20H,2-5,8-10,13-15H2,1H3. The first-order chi connectivity index (χ1) is 9.79. The highest BCUT2D eigenvalue weighted by Gasteiger charge is 2.54. The van der Waals surface area contributed by atoms with Gasteiger partial charge in [-0.2, -0.15) is 0 Å². The molecule has 2 aliphatic carbocycles. The molecular weight excluding hydrogens is 244 g/mol. The molecule has 110 valence electrons. The van der Waals surface area contributed by atoms with Crippen molar-refractivity contribution in [2.45, 2.75) is 63.7 Å². The Labute approximate surface area is 123 Å². The number of hydrogen-bond donors (Lipinski definition) is 1. The Morgan fingerprint density at radius 2 is 2.00 bits per heavy atom. The number of nitrogens with zero attached hydrogens (tertiary/aromatic N) is 1. The van der Waals surface area contributed by atoms with Gasteiger partial charge in [-0.3, -0.25) is 4.98 Å². The van der Waals surface area contributed by atoms with E-state index in [0.717, 1.165) is 13.1 Å². The minimum Gasteiger partial charge on any atom is -0.316 e. The second-order valence-corrected chi connectivity index (χ2v) is 7.11. The minimum atomic E-state index is 0.362. The highest BCUT2D eigenvalue weighted by atomic mass is 14.9. The summed E-state index contributed by atoms with van der Waals surface area (Å²) in [7, 11) is 0. The summed E-state index contributed by atoms with van der Waals surface area (Å²) >= 11 is 0. The topological polar surface area (TPSA) is 24.9 Å². The fourth-order valence-electron chi connectivity index (χ4n) is 4.65. The van der Waals surface area contributed by atoms with Crippen LogP contribution in [0.3, 0.4) is 0 Å². The van der Waals surface area contributed by atoms with Gasteiger partial charge in [0.15, 0.2) is 0 Å². The molecule has 2 aliphatic rings. The van der Waals surface area contributed by atoms with Crippen LogP contribution in [-0.2, 0) is 5.41 Å². The molecule has 20 heavy (non-hydrogen) atoms. The average molecular weight is 272 g/mol. The van der Waals surface area contributed by atoms with Crippen molar-refractivity contribution < 1.29 is 0 Å². The Kier molecular flexibility index (Phi) is 4.11. The minimum absolute atomic E-state index is 0.362. The molecule has 1 N–H and O–H groups in total. The van der Waals surface area contributed by atoms with Gasteiger partial charge < -0.3 is 5.32 Å². The van der Waals surface area contributed by atoms with Crippen LogP contribution in [-0.4, -0.2) is 18.1 Å². The maximum atomic E-state index is 4.37. The number of aromatic nitrogens is 1. The van der Waals surface area contributed by atoms with Crippen molar-refractivity contribution in [2.75, 3.05) is 13.1 Å². The summed E-state index contributed by atoms with van der Waals surface area (Å²) < 4.78 is 0. The van der Waals surface area contributed by atoms with Crippen LogP contribution in [0.25, 0.3) is 0 Å². The van der Waals surface area contributed by atoms with E-state index in [-0.39, 0.29) is 0 Å². The third-order valence-corrected chi connectivity index (χ3v) is 5.51. The van der Waals surface area contributed by atoms with E-state index in [9.17, 15) is 0 Å². The lowest BCUT2D eigenvalue weighted by Crippen LogP contribution is -2.55. The summed E-state index contributed by atoms with van der Waals surface area (Å²) in [5.74, 6) is 0. The fraction of sp³-hybridized carbons (Fsp3) is 0.722. The SMILES string of the molecule is CCCNCC1(c2cccnc2)CC2(CCCCC2)C1. The van der Waals surface area contributed by atoms with Crippen molar-refractivity contribution in [3.63, 3.8) is 0 Å². The molecule has 0 aromatic carbocycles. The second-order valence-electron chi connectivity index (χ2n) is 7.11. The largest absolute Gasteiger partial charge is 0.316 e. The first-order valence-corrected chi connectivity index (χ1v) is 8.40. The zero-order valence-corrected chi connectivity index (χ0v) is 12.8. The Hall–Kier alpha value is -0.890. The molecule has 1 aromatic rings. The predicted molar refractivity (Wildman–Crippen MR) is 83.8 cm³/mol. The van der Waals surface area contributed by atoms with Crippen molar-refractivity contribution in [1.29, 1.82) is 0 Å². The van der Waals surface area contributed by atoms with Gasteiger partial charge in [0.25, 0.3) is 0 Å². The maximum absolute atomic E-state index is 4.37. The zero-order chi connectivity index (χ0) is 13.9. The second kappa shape index (κ2) is 5.85. The van der Waals surface area contributed by atoms with Crippen LogP contribution in [0, 0.1) is 5.41 Å². The lowest BCUT2D eigenvalue weighted by Gasteiger charge is -2.58. The molecule has 2 nitrogen and oxygen atoms in total. The van der Waals surface area contributed by atoms with Crippen molar-refractivity contribution in [2.24, 2.45) is 5.41 Å². The third-order valence-electron chi connectivity index (χ3n) is 5.51. The van der Waals surface area contributed by atoms with Crippen LogP contribution in [0.4, 0.5) is 0 Å². The summed E-state index contributed by atoms with van der Waals surface area (Å²) in [5, 5.41) is 3.67. The van der Waals surface area contributed by atoms with E-state index in [1.807, 2.05) is 6.20 Å². The fourth-order valence-corrected chi connectivity index (χ4v) is 4.65. The van der Waals surface area contributed by atoms with E-state index < -0.39 is 0 Å². The summed E-state index contributed by atoms with van der Waals surface area (Å²) in [6.07, 6.45) is 15.2. The molecule has 0 unspecified atom stereocenters. The van der Waals surface area contributed by atoms with E-state index >= 15 is 0 Å². The van der Waals surface area contributed by atoms with E-state index in [4.69, 9.17) is 0 Å².